The van der Waals surface area contributed by atoms with Crippen LogP contribution in [0.2, 0.25) is 0 Å². The van der Waals surface area contributed by atoms with Gasteiger partial charge in [-0.25, -0.2) is 0 Å². The molecule has 1 aliphatic rings. The summed E-state index contributed by atoms with van der Waals surface area (Å²) in [4.78, 5) is 14.4. The number of para-hydroxylation sites is 1. The highest BCUT2D eigenvalue weighted by molar-refractivity contribution is 9.10. The van der Waals surface area contributed by atoms with Gasteiger partial charge in [-0.05, 0) is 35.0 Å². The summed E-state index contributed by atoms with van der Waals surface area (Å²) in [5, 5.41) is 6.25. The molecule has 5 heteroatoms. The summed E-state index contributed by atoms with van der Waals surface area (Å²) in [6, 6.07) is 7.56. The van der Waals surface area contributed by atoms with E-state index in [0.717, 1.165) is 36.3 Å². The third kappa shape index (κ3) is 3.31. The van der Waals surface area contributed by atoms with Crippen LogP contribution in [0.4, 0.5) is 5.69 Å². The lowest BCUT2D eigenvalue weighted by molar-refractivity contribution is -0.120. The van der Waals surface area contributed by atoms with Gasteiger partial charge in [0.05, 0.1) is 11.7 Å². The highest BCUT2D eigenvalue weighted by atomic mass is 79.9. The van der Waals surface area contributed by atoms with Crippen molar-refractivity contribution in [2.45, 2.75) is 13.0 Å². The van der Waals surface area contributed by atoms with Gasteiger partial charge in [0.15, 0.2) is 0 Å². The fraction of sp³-hybridized carbons (Fsp3) is 0.462. The zero-order chi connectivity index (χ0) is 13.0. The molecule has 1 aromatic rings. The molecule has 98 valence electrons. The number of amides is 1. The van der Waals surface area contributed by atoms with Gasteiger partial charge in [0.1, 0.15) is 0 Å². The molecule has 0 bridgehead atoms. The SMILES string of the molecule is CC(C(=O)Nc1ccccc1Br)N1CCNCC1. The molecular formula is C13H18BrN3O. The Morgan fingerprint density at radius 3 is 2.72 bits per heavy atom. The number of hydrogen-bond donors (Lipinski definition) is 2. The molecule has 1 amide bonds. The van der Waals surface area contributed by atoms with E-state index >= 15 is 0 Å². The predicted molar refractivity (Wildman–Crippen MR) is 76.7 cm³/mol. The molecule has 1 atom stereocenters. The van der Waals surface area contributed by atoms with E-state index in [1.54, 1.807) is 0 Å². The average Bonchev–Trinajstić information content (AvgIpc) is 2.41. The van der Waals surface area contributed by atoms with Crippen LogP contribution in [0.5, 0.6) is 0 Å². The van der Waals surface area contributed by atoms with Crippen molar-refractivity contribution in [3.63, 3.8) is 0 Å². The smallest absolute Gasteiger partial charge is 0.241 e. The average molecular weight is 312 g/mol. The van der Waals surface area contributed by atoms with Crippen LogP contribution in [0.25, 0.3) is 0 Å². The van der Waals surface area contributed by atoms with Gasteiger partial charge < -0.3 is 10.6 Å². The highest BCUT2D eigenvalue weighted by Crippen LogP contribution is 2.21. The van der Waals surface area contributed by atoms with E-state index in [0.29, 0.717) is 0 Å². The molecule has 1 aliphatic heterocycles. The molecule has 1 fully saturated rings. The van der Waals surface area contributed by atoms with Crippen LogP contribution in [0.1, 0.15) is 6.92 Å². The fourth-order valence-corrected chi connectivity index (χ4v) is 2.42. The number of carbonyl (C=O) groups excluding carboxylic acids is 1. The summed E-state index contributed by atoms with van der Waals surface area (Å²) in [7, 11) is 0. The highest BCUT2D eigenvalue weighted by Gasteiger charge is 2.22. The Hall–Kier alpha value is -0.910. The molecule has 1 saturated heterocycles. The maximum Gasteiger partial charge on any atom is 0.241 e. The molecule has 2 N–H and O–H groups in total. The second-order valence-electron chi connectivity index (χ2n) is 4.43. The number of rotatable bonds is 3. The molecule has 4 nitrogen and oxygen atoms in total. The van der Waals surface area contributed by atoms with Crippen molar-refractivity contribution < 1.29 is 4.79 Å². The lowest BCUT2D eigenvalue weighted by atomic mass is 10.2. The number of halogens is 1. The first kappa shape index (κ1) is 13.5. The summed E-state index contributed by atoms with van der Waals surface area (Å²) >= 11 is 3.43. The Labute approximate surface area is 116 Å². The van der Waals surface area contributed by atoms with Crippen LogP contribution in [0.3, 0.4) is 0 Å². The molecule has 0 radical (unpaired) electrons. The summed E-state index contributed by atoms with van der Waals surface area (Å²) in [5.74, 6) is 0.0452. The van der Waals surface area contributed by atoms with Crippen LogP contribution in [0.15, 0.2) is 28.7 Å². The minimum absolute atomic E-state index is 0.0452. The number of carbonyl (C=O) groups is 1. The van der Waals surface area contributed by atoms with Gasteiger partial charge in [0.25, 0.3) is 0 Å². The van der Waals surface area contributed by atoms with E-state index in [9.17, 15) is 4.79 Å². The topological polar surface area (TPSA) is 44.4 Å². The molecule has 18 heavy (non-hydrogen) atoms. The van der Waals surface area contributed by atoms with E-state index < -0.39 is 0 Å². The maximum absolute atomic E-state index is 12.2. The van der Waals surface area contributed by atoms with E-state index in [1.807, 2.05) is 31.2 Å². The van der Waals surface area contributed by atoms with Crippen molar-refractivity contribution in [2.24, 2.45) is 0 Å². The number of benzene rings is 1. The normalized spacial score (nSPS) is 18.3. The Morgan fingerprint density at radius 2 is 2.06 bits per heavy atom. The van der Waals surface area contributed by atoms with Gasteiger partial charge in [0, 0.05) is 30.7 Å². The van der Waals surface area contributed by atoms with Crippen LogP contribution >= 0.6 is 15.9 Å². The minimum atomic E-state index is -0.0980. The van der Waals surface area contributed by atoms with Crippen LogP contribution in [0, 0.1) is 0 Å². The van der Waals surface area contributed by atoms with Crippen molar-refractivity contribution in [3.05, 3.63) is 28.7 Å². The Kier molecular flexibility index (Phi) is 4.74. The van der Waals surface area contributed by atoms with Crippen LogP contribution in [-0.4, -0.2) is 43.0 Å². The van der Waals surface area contributed by atoms with Crippen molar-refractivity contribution in [3.8, 4) is 0 Å². The van der Waals surface area contributed by atoms with Crippen molar-refractivity contribution in [1.82, 2.24) is 10.2 Å². The first-order chi connectivity index (χ1) is 8.68. The van der Waals surface area contributed by atoms with E-state index in [2.05, 4.69) is 31.5 Å². The molecule has 1 unspecified atom stereocenters. The third-order valence-corrected chi connectivity index (χ3v) is 3.90. The molecule has 1 heterocycles. The number of nitrogens with zero attached hydrogens (tertiary/aromatic N) is 1. The largest absolute Gasteiger partial charge is 0.324 e. The number of piperazine rings is 1. The minimum Gasteiger partial charge on any atom is -0.324 e. The summed E-state index contributed by atoms with van der Waals surface area (Å²) in [6.07, 6.45) is 0. The van der Waals surface area contributed by atoms with Gasteiger partial charge in [-0.2, -0.15) is 0 Å². The van der Waals surface area contributed by atoms with Crippen LogP contribution in [-0.2, 0) is 4.79 Å². The molecule has 0 spiro atoms. The zero-order valence-electron chi connectivity index (χ0n) is 10.4. The van der Waals surface area contributed by atoms with E-state index in [-0.39, 0.29) is 11.9 Å². The van der Waals surface area contributed by atoms with Crippen molar-refractivity contribution >= 4 is 27.5 Å². The standard InChI is InChI=1S/C13H18BrN3O/c1-10(17-8-6-15-7-9-17)13(18)16-12-5-3-2-4-11(12)14/h2-5,10,15H,6-9H2,1H3,(H,16,18). The first-order valence-electron chi connectivity index (χ1n) is 6.18. The lowest BCUT2D eigenvalue weighted by Gasteiger charge is -2.31. The third-order valence-electron chi connectivity index (χ3n) is 3.21. The zero-order valence-corrected chi connectivity index (χ0v) is 12.0. The van der Waals surface area contributed by atoms with E-state index in [1.165, 1.54) is 0 Å². The second-order valence-corrected chi connectivity index (χ2v) is 5.29. The first-order valence-corrected chi connectivity index (χ1v) is 6.98. The summed E-state index contributed by atoms with van der Waals surface area (Å²) in [5.41, 5.74) is 0.824. The van der Waals surface area contributed by atoms with Gasteiger partial charge in [0.2, 0.25) is 5.91 Å². The van der Waals surface area contributed by atoms with Gasteiger partial charge >= 0.3 is 0 Å². The molecule has 2 rings (SSSR count). The predicted octanol–water partition coefficient (Wildman–Crippen LogP) is 1.68. The fourth-order valence-electron chi connectivity index (χ4n) is 2.04. The van der Waals surface area contributed by atoms with Crippen LogP contribution < -0.4 is 10.6 Å². The Bertz CT molecular complexity index is 418. The lowest BCUT2D eigenvalue weighted by Crippen LogP contribution is -2.51. The molecule has 0 aliphatic carbocycles. The van der Waals surface area contributed by atoms with Gasteiger partial charge in [-0.3, -0.25) is 9.69 Å². The summed E-state index contributed by atoms with van der Waals surface area (Å²) in [6.45, 7) is 5.70. The Balaban J connectivity index is 1.97. The number of nitrogens with one attached hydrogen (secondary N) is 2. The molecule has 1 aromatic carbocycles. The summed E-state index contributed by atoms with van der Waals surface area (Å²) < 4.78 is 0.908. The van der Waals surface area contributed by atoms with Gasteiger partial charge in [-0.1, -0.05) is 12.1 Å². The molecule has 0 saturated carbocycles. The van der Waals surface area contributed by atoms with Crippen molar-refractivity contribution in [2.75, 3.05) is 31.5 Å². The van der Waals surface area contributed by atoms with Gasteiger partial charge in [-0.15, -0.1) is 0 Å². The monoisotopic (exact) mass is 311 g/mol. The quantitative estimate of drug-likeness (QED) is 0.892. The van der Waals surface area contributed by atoms with Crippen molar-refractivity contribution in [1.29, 1.82) is 0 Å². The number of anilines is 1. The Morgan fingerprint density at radius 1 is 1.39 bits per heavy atom. The maximum atomic E-state index is 12.2. The molecular weight excluding hydrogens is 294 g/mol. The second kappa shape index (κ2) is 6.31. The molecule has 0 aromatic heterocycles. The van der Waals surface area contributed by atoms with E-state index in [4.69, 9.17) is 0 Å². The number of hydrogen-bond acceptors (Lipinski definition) is 3.